The number of hydrogen-bond acceptors (Lipinski definition) is 6. The highest BCUT2D eigenvalue weighted by Gasteiger charge is 2.32. The zero-order chi connectivity index (χ0) is 22.1. The molecule has 6 nitrogen and oxygen atoms in total. The largest absolute Gasteiger partial charge is 0.372 e. The molecule has 1 saturated heterocycles. The fraction of sp³-hybridized carbons (Fsp3) is 0.524. The first-order valence-electron chi connectivity index (χ1n) is 10.3. The van der Waals surface area contributed by atoms with Gasteiger partial charge in [0.25, 0.3) is 5.91 Å². The lowest BCUT2D eigenvalue weighted by Crippen LogP contribution is -2.35. The van der Waals surface area contributed by atoms with E-state index in [1.807, 2.05) is 18.2 Å². The maximum absolute atomic E-state index is 12.7. The lowest BCUT2D eigenvalue weighted by atomic mass is 10.1. The van der Waals surface area contributed by atoms with Crippen LogP contribution in [0.2, 0.25) is 0 Å². The standard InChI is InChI=1S/C21H31N3O3S3/c1-4-6-12-23(13-7-5-2)18-10-8-17(9-11-18)16-19-20(25)24(21(28)29-19)14-15-30(26,27)22-3/h8-11,16,22H,4-7,12-15H2,1-3H3/b19-16-. The molecule has 0 unspecified atom stereocenters. The third kappa shape index (κ3) is 7.08. The van der Waals surface area contributed by atoms with Crippen LogP contribution < -0.4 is 9.62 Å². The first kappa shape index (κ1) is 24.8. The molecule has 0 spiro atoms. The minimum absolute atomic E-state index is 0.0495. The van der Waals surface area contributed by atoms with E-state index in [1.165, 1.54) is 29.4 Å². The van der Waals surface area contributed by atoms with Gasteiger partial charge in [0.2, 0.25) is 10.0 Å². The number of sulfonamides is 1. The molecule has 0 saturated carbocycles. The number of carbonyl (C=O) groups is 1. The lowest BCUT2D eigenvalue weighted by molar-refractivity contribution is -0.121. The summed E-state index contributed by atoms with van der Waals surface area (Å²) in [5, 5.41) is 0. The maximum Gasteiger partial charge on any atom is 0.266 e. The fourth-order valence-electron chi connectivity index (χ4n) is 3.01. The van der Waals surface area contributed by atoms with Crippen molar-refractivity contribution in [2.75, 3.05) is 37.3 Å². The van der Waals surface area contributed by atoms with Crippen LogP contribution in [0.1, 0.15) is 45.1 Å². The highest BCUT2D eigenvalue weighted by molar-refractivity contribution is 8.26. The molecule has 1 heterocycles. The Labute approximate surface area is 190 Å². The van der Waals surface area contributed by atoms with Gasteiger partial charge in [0.15, 0.2) is 0 Å². The van der Waals surface area contributed by atoms with Gasteiger partial charge in [-0.3, -0.25) is 9.69 Å². The van der Waals surface area contributed by atoms with Gasteiger partial charge in [0.05, 0.1) is 10.7 Å². The second-order valence-corrected chi connectivity index (χ2v) is 10.9. The smallest absolute Gasteiger partial charge is 0.266 e. The number of rotatable bonds is 12. The summed E-state index contributed by atoms with van der Waals surface area (Å²) in [5.74, 6) is -0.420. The Bertz CT molecular complexity index is 859. The fourth-order valence-corrected chi connectivity index (χ4v) is 4.94. The molecule has 2 rings (SSSR count). The van der Waals surface area contributed by atoms with Crippen LogP contribution in [-0.4, -0.2) is 56.0 Å². The van der Waals surface area contributed by atoms with Gasteiger partial charge in [0, 0.05) is 25.3 Å². The molecule has 1 aliphatic rings. The number of amides is 1. The average molecular weight is 470 g/mol. The van der Waals surface area contributed by atoms with Gasteiger partial charge in [-0.1, -0.05) is 62.8 Å². The van der Waals surface area contributed by atoms with Crippen LogP contribution in [0, 0.1) is 0 Å². The first-order valence-corrected chi connectivity index (χ1v) is 13.2. The lowest BCUT2D eigenvalue weighted by Gasteiger charge is -2.24. The van der Waals surface area contributed by atoms with Crippen LogP contribution in [0.15, 0.2) is 29.2 Å². The van der Waals surface area contributed by atoms with Crippen LogP contribution >= 0.6 is 24.0 Å². The second-order valence-electron chi connectivity index (χ2n) is 7.14. The minimum atomic E-state index is -3.39. The van der Waals surface area contributed by atoms with Crippen molar-refractivity contribution in [1.82, 2.24) is 9.62 Å². The Morgan fingerprint density at radius 3 is 2.27 bits per heavy atom. The highest BCUT2D eigenvalue weighted by Crippen LogP contribution is 2.32. The molecule has 0 radical (unpaired) electrons. The van der Waals surface area contributed by atoms with Gasteiger partial charge in [-0.25, -0.2) is 13.1 Å². The van der Waals surface area contributed by atoms with E-state index in [2.05, 4.69) is 35.6 Å². The van der Waals surface area contributed by atoms with Gasteiger partial charge in [0.1, 0.15) is 4.32 Å². The minimum Gasteiger partial charge on any atom is -0.372 e. The molecule has 30 heavy (non-hydrogen) atoms. The summed E-state index contributed by atoms with van der Waals surface area (Å²) < 4.78 is 25.9. The third-order valence-electron chi connectivity index (χ3n) is 4.89. The number of hydrogen-bond donors (Lipinski definition) is 1. The predicted molar refractivity (Wildman–Crippen MR) is 131 cm³/mol. The molecule has 1 aliphatic heterocycles. The Morgan fingerprint density at radius 1 is 1.13 bits per heavy atom. The Kier molecular flexibility index (Phi) is 9.80. The van der Waals surface area contributed by atoms with E-state index in [4.69, 9.17) is 12.2 Å². The van der Waals surface area contributed by atoms with Gasteiger partial charge >= 0.3 is 0 Å². The van der Waals surface area contributed by atoms with E-state index in [-0.39, 0.29) is 18.2 Å². The van der Waals surface area contributed by atoms with Crippen molar-refractivity contribution in [3.05, 3.63) is 34.7 Å². The van der Waals surface area contributed by atoms with Gasteiger partial charge in [-0.2, -0.15) is 0 Å². The number of benzene rings is 1. The molecule has 0 aromatic heterocycles. The summed E-state index contributed by atoms with van der Waals surface area (Å²) >= 11 is 6.49. The molecule has 1 aromatic carbocycles. The summed E-state index contributed by atoms with van der Waals surface area (Å²) in [6, 6.07) is 8.21. The molecule has 0 bridgehead atoms. The third-order valence-corrected chi connectivity index (χ3v) is 7.61. The molecule has 166 valence electrons. The van der Waals surface area contributed by atoms with Crippen molar-refractivity contribution >= 4 is 56.0 Å². The molecule has 1 aromatic rings. The second kappa shape index (κ2) is 11.8. The van der Waals surface area contributed by atoms with Crippen LogP contribution in [0.5, 0.6) is 0 Å². The van der Waals surface area contributed by atoms with E-state index in [0.29, 0.717) is 9.23 Å². The molecule has 1 N–H and O–H groups in total. The van der Waals surface area contributed by atoms with Crippen LogP contribution in [0.3, 0.4) is 0 Å². The quantitative estimate of drug-likeness (QED) is 0.370. The Hall–Kier alpha value is -1.42. The van der Waals surface area contributed by atoms with E-state index < -0.39 is 10.0 Å². The molecular formula is C21H31N3O3S3. The number of carbonyl (C=O) groups excluding carboxylic acids is 1. The predicted octanol–water partition coefficient (Wildman–Crippen LogP) is 3.84. The SMILES string of the molecule is CCCCN(CCCC)c1ccc(/C=C2\SC(=S)N(CCS(=O)(=O)NC)C2=O)cc1. The monoisotopic (exact) mass is 469 g/mol. The summed E-state index contributed by atoms with van der Waals surface area (Å²) in [4.78, 5) is 16.9. The Morgan fingerprint density at radius 2 is 1.73 bits per heavy atom. The number of nitrogens with zero attached hydrogens (tertiary/aromatic N) is 2. The van der Waals surface area contributed by atoms with Crippen molar-refractivity contribution in [2.24, 2.45) is 0 Å². The van der Waals surface area contributed by atoms with Crippen molar-refractivity contribution < 1.29 is 13.2 Å². The molecule has 0 atom stereocenters. The normalized spacial score (nSPS) is 16.0. The van der Waals surface area contributed by atoms with Gasteiger partial charge in [-0.15, -0.1) is 0 Å². The maximum atomic E-state index is 12.7. The zero-order valence-electron chi connectivity index (χ0n) is 17.9. The number of thiocarbonyl (C=S) groups is 1. The summed E-state index contributed by atoms with van der Waals surface area (Å²) in [6.07, 6.45) is 6.48. The van der Waals surface area contributed by atoms with Crippen LogP contribution in [0.25, 0.3) is 6.08 Å². The molecule has 0 aliphatic carbocycles. The van der Waals surface area contributed by atoms with E-state index >= 15 is 0 Å². The van der Waals surface area contributed by atoms with Crippen molar-refractivity contribution in [2.45, 2.75) is 39.5 Å². The number of anilines is 1. The van der Waals surface area contributed by atoms with Crippen molar-refractivity contribution in [3.63, 3.8) is 0 Å². The first-order chi connectivity index (χ1) is 14.3. The van der Waals surface area contributed by atoms with Crippen LogP contribution in [-0.2, 0) is 14.8 Å². The molecule has 1 amide bonds. The van der Waals surface area contributed by atoms with E-state index in [1.54, 1.807) is 0 Å². The molecule has 1 fully saturated rings. The van der Waals surface area contributed by atoms with Gasteiger partial charge in [-0.05, 0) is 43.7 Å². The zero-order valence-corrected chi connectivity index (χ0v) is 20.3. The number of thioether (sulfide) groups is 1. The highest BCUT2D eigenvalue weighted by atomic mass is 32.2. The summed E-state index contributed by atoms with van der Waals surface area (Å²) in [6.45, 7) is 6.54. The van der Waals surface area contributed by atoms with E-state index in [0.717, 1.165) is 44.3 Å². The molecular weight excluding hydrogens is 438 g/mol. The summed E-state index contributed by atoms with van der Waals surface area (Å²) in [5.41, 5.74) is 2.12. The molecule has 9 heteroatoms. The van der Waals surface area contributed by atoms with Crippen molar-refractivity contribution in [1.29, 1.82) is 0 Å². The number of unbranched alkanes of at least 4 members (excludes halogenated alkanes) is 2. The summed E-state index contributed by atoms with van der Waals surface area (Å²) in [7, 11) is -2.04. The van der Waals surface area contributed by atoms with Crippen molar-refractivity contribution in [3.8, 4) is 0 Å². The Balaban J connectivity index is 2.09. The van der Waals surface area contributed by atoms with Crippen LogP contribution in [0.4, 0.5) is 5.69 Å². The number of nitrogens with one attached hydrogen (secondary N) is 1. The topological polar surface area (TPSA) is 69.7 Å². The van der Waals surface area contributed by atoms with Gasteiger partial charge < -0.3 is 4.90 Å². The average Bonchev–Trinajstić information content (AvgIpc) is 3.00. The van der Waals surface area contributed by atoms with E-state index in [9.17, 15) is 13.2 Å².